The quantitative estimate of drug-likeness (QED) is 0.925. The fraction of sp³-hybridized carbons (Fsp3) is 0.667. The number of aromatic nitrogens is 1. The molecule has 0 bridgehead atoms. The number of aryl methyl sites for hydroxylation is 1. The zero-order valence-electron chi connectivity index (χ0n) is 13.7. The van der Waals surface area contributed by atoms with Crippen LogP contribution in [0.25, 0.3) is 0 Å². The van der Waals surface area contributed by atoms with E-state index in [1.165, 1.54) is 25.7 Å². The van der Waals surface area contributed by atoms with E-state index in [1.807, 2.05) is 21.7 Å². The molecule has 5 nitrogen and oxygen atoms in total. The Hall–Kier alpha value is -1.80. The van der Waals surface area contributed by atoms with Gasteiger partial charge in [-0.3, -0.25) is 4.79 Å². The standard InChI is InChI=1S/C18H26N4O/c19-12-16-6-3-9-21(16)11-8-17(20)18(23)22-10-7-14-4-1-2-5-15(14)13-22/h3,6,9,14-15,17H,1-2,4-5,7-8,10-11,13,20H2/t14-,15-,17?/m0/s1. The summed E-state index contributed by atoms with van der Waals surface area (Å²) in [5.41, 5.74) is 6.75. The highest BCUT2D eigenvalue weighted by molar-refractivity contribution is 5.81. The van der Waals surface area contributed by atoms with E-state index < -0.39 is 6.04 Å². The molecule has 2 heterocycles. The highest BCUT2D eigenvalue weighted by Crippen LogP contribution is 2.36. The zero-order chi connectivity index (χ0) is 16.2. The summed E-state index contributed by atoms with van der Waals surface area (Å²) in [5, 5.41) is 9.02. The van der Waals surface area contributed by atoms with Crippen LogP contribution in [0, 0.1) is 23.2 Å². The van der Waals surface area contributed by atoms with Crippen molar-refractivity contribution >= 4 is 5.91 Å². The lowest BCUT2D eigenvalue weighted by Gasteiger charge is -2.42. The van der Waals surface area contributed by atoms with Crippen LogP contribution in [0.5, 0.6) is 0 Å². The van der Waals surface area contributed by atoms with Gasteiger partial charge >= 0.3 is 0 Å². The number of carbonyl (C=O) groups is 1. The van der Waals surface area contributed by atoms with Crippen molar-refractivity contribution in [2.24, 2.45) is 17.6 Å². The van der Waals surface area contributed by atoms with Crippen LogP contribution in [0.3, 0.4) is 0 Å². The van der Waals surface area contributed by atoms with E-state index in [-0.39, 0.29) is 5.91 Å². The predicted molar refractivity (Wildman–Crippen MR) is 88.4 cm³/mol. The van der Waals surface area contributed by atoms with Crippen LogP contribution in [-0.4, -0.2) is 34.5 Å². The fourth-order valence-electron chi connectivity index (χ4n) is 4.15. The normalized spacial score (nSPS) is 25.5. The number of hydrogen-bond donors (Lipinski definition) is 1. The number of carbonyl (C=O) groups excluding carboxylic acids is 1. The minimum atomic E-state index is -0.468. The van der Waals surface area contributed by atoms with Gasteiger partial charge in [-0.25, -0.2) is 0 Å². The lowest BCUT2D eigenvalue weighted by molar-refractivity contribution is -0.135. The van der Waals surface area contributed by atoms with Crippen LogP contribution < -0.4 is 5.73 Å². The lowest BCUT2D eigenvalue weighted by Crippen LogP contribution is -2.50. The van der Waals surface area contributed by atoms with Crippen molar-refractivity contribution in [1.29, 1.82) is 5.26 Å². The van der Waals surface area contributed by atoms with Crippen LogP contribution in [0.4, 0.5) is 0 Å². The molecule has 2 N–H and O–H groups in total. The van der Waals surface area contributed by atoms with Gasteiger partial charge in [-0.05, 0) is 43.2 Å². The molecule has 23 heavy (non-hydrogen) atoms. The Morgan fingerprint density at radius 1 is 1.35 bits per heavy atom. The summed E-state index contributed by atoms with van der Waals surface area (Å²) in [6.45, 7) is 2.37. The molecule has 1 saturated heterocycles. The number of nitrogens with zero attached hydrogens (tertiary/aromatic N) is 3. The number of piperidine rings is 1. The number of fused-ring (bicyclic) bond motifs is 1. The van der Waals surface area contributed by atoms with Crippen molar-refractivity contribution < 1.29 is 4.79 Å². The van der Waals surface area contributed by atoms with Crippen molar-refractivity contribution in [3.63, 3.8) is 0 Å². The van der Waals surface area contributed by atoms with Crippen molar-refractivity contribution in [1.82, 2.24) is 9.47 Å². The molecule has 5 heteroatoms. The highest BCUT2D eigenvalue weighted by Gasteiger charge is 2.34. The third-order valence-electron chi connectivity index (χ3n) is 5.55. The summed E-state index contributed by atoms with van der Waals surface area (Å²) in [5.74, 6) is 1.59. The van der Waals surface area contributed by atoms with Crippen molar-refractivity contribution in [2.45, 2.75) is 51.1 Å². The third kappa shape index (κ3) is 3.59. The topological polar surface area (TPSA) is 75.0 Å². The van der Waals surface area contributed by atoms with Crippen molar-refractivity contribution in [2.75, 3.05) is 13.1 Å². The molecule has 1 unspecified atom stereocenters. The van der Waals surface area contributed by atoms with Crippen LogP contribution in [0.2, 0.25) is 0 Å². The first-order valence-electron chi connectivity index (χ1n) is 8.78. The van der Waals surface area contributed by atoms with Gasteiger partial charge in [0.05, 0.1) is 6.04 Å². The SMILES string of the molecule is N#Cc1cccn1CCC(N)C(=O)N1CC[C@@H]2CCCC[C@H]2C1. The molecular formula is C18H26N4O. The summed E-state index contributed by atoms with van der Waals surface area (Å²) in [6.07, 6.45) is 8.84. The molecule has 1 saturated carbocycles. The van der Waals surface area contributed by atoms with E-state index in [2.05, 4.69) is 6.07 Å². The summed E-state index contributed by atoms with van der Waals surface area (Å²) in [7, 11) is 0. The minimum absolute atomic E-state index is 0.0830. The minimum Gasteiger partial charge on any atom is -0.341 e. The maximum absolute atomic E-state index is 12.6. The van der Waals surface area contributed by atoms with Gasteiger partial charge in [-0.2, -0.15) is 5.26 Å². The van der Waals surface area contributed by atoms with Gasteiger partial charge in [-0.15, -0.1) is 0 Å². The van der Waals surface area contributed by atoms with Crippen molar-refractivity contribution in [3.05, 3.63) is 24.0 Å². The smallest absolute Gasteiger partial charge is 0.239 e. The Morgan fingerprint density at radius 2 is 2.13 bits per heavy atom. The second-order valence-corrected chi connectivity index (χ2v) is 6.97. The van der Waals surface area contributed by atoms with Crippen LogP contribution >= 0.6 is 0 Å². The van der Waals surface area contributed by atoms with E-state index in [1.54, 1.807) is 6.07 Å². The average Bonchev–Trinajstić information content (AvgIpc) is 3.06. The maximum Gasteiger partial charge on any atom is 0.239 e. The first-order chi connectivity index (χ1) is 11.2. The number of rotatable bonds is 4. The predicted octanol–water partition coefficient (Wildman–Crippen LogP) is 2.12. The van der Waals surface area contributed by atoms with E-state index in [4.69, 9.17) is 11.0 Å². The fourth-order valence-corrected chi connectivity index (χ4v) is 4.15. The Balaban J connectivity index is 1.52. The maximum atomic E-state index is 12.6. The molecular weight excluding hydrogens is 288 g/mol. The summed E-state index contributed by atoms with van der Waals surface area (Å²) >= 11 is 0. The lowest BCUT2D eigenvalue weighted by atomic mass is 9.75. The zero-order valence-corrected chi connectivity index (χ0v) is 13.7. The molecule has 2 fully saturated rings. The van der Waals surface area contributed by atoms with Crippen molar-refractivity contribution in [3.8, 4) is 6.07 Å². The van der Waals surface area contributed by atoms with Gasteiger partial charge in [-0.1, -0.05) is 19.3 Å². The van der Waals surface area contributed by atoms with Gasteiger partial charge in [0, 0.05) is 25.8 Å². The molecule has 1 amide bonds. The average molecular weight is 314 g/mol. The van der Waals surface area contributed by atoms with Gasteiger partial charge in [0.15, 0.2) is 0 Å². The van der Waals surface area contributed by atoms with Crippen LogP contribution in [0.1, 0.15) is 44.2 Å². The van der Waals surface area contributed by atoms with Crippen LogP contribution in [-0.2, 0) is 11.3 Å². The summed E-state index contributed by atoms with van der Waals surface area (Å²) < 4.78 is 1.86. The van der Waals surface area contributed by atoms with E-state index >= 15 is 0 Å². The molecule has 1 aromatic heterocycles. The first-order valence-corrected chi connectivity index (χ1v) is 8.78. The van der Waals surface area contributed by atoms with Gasteiger partial charge in [0.2, 0.25) is 5.91 Å². The van der Waals surface area contributed by atoms with E-state index in [0.717, 1.165) is 25.4 Å². The first kappa shape index (κ1) is 16.1. The molecule has 3 atom stereocenters. The van der Waals surface area contributed by atoms with Gasteiger partial charge in [0.1, 0.15) is 11.8 Å². The Kier molecular flexibility index (Phi) is 5.02. The number of likely N-dealkylation sites (tertiary alicyclic amines) is 1. The van der Waals surface area contributed by atoms with Gasteiger partial charge in [0.25, 0.3) is 0 Å². The summed E-state index contributed by atoms with van der Waals surface area (Å²) in [6, 6.07) is 5.31. The van der Waals surface area contributed by atoms with E-state index in [0.29, 0.717) is 24.6 Å². The highest BCUT2D eigenvalue weighted by atomic mass is 16.2. The molecule has 1 aliphatic heterocycles. The number of nitriles is 1. The molecule has 0 radical (unpaired) electrons. The summed E-state index contributed by atoms with van der Waals surface area (Å²) in [4.78, 5) is 14.6. The molecule has 3 rings (SSSR count). The molecule has 1 aromatic rings. The molecule has 0 spiro atoms. The Labute approximate surface area is 138 Å². The third-order valence-corrected chi connectivity index (χ3v) is 5.55. The van der Waals surface area contributed by atoms with Gasteiger partial charge < -0.3 is 15.2 Å². The second kappa shape index (κ2) is 7.18. The van der Waals surface area contributed by atoms with E-state index in [9.17, 15) is 4.79 Å². The number of hydrogen-bond acceptors (Lipinski definition) is 3. The molecule has 1 aliphatic carbocycles. The largest absolute Gasteiger partial charge is 0.341 e. The Bertz CT molecular complexity index is 588. The Morgan fingerprint density at radius 3 is 2.91 bits per heavy atom. The molecule has 2 aliphatic rings. The monoisotopic (exact) mass is 314 g/mol. The number of amides is 1. The number of nitrogens with two attached hydrogens (primary N) is 1. The molecule has 124 valence electrons. The molecule has 0 aromatic carbocycles. The second-order valence-electron chi connectivity index (χ2n) is 6.97. The van der Waals surface area contributed by atoms with Crippen LogP contribution in [0.15, 0.2) is 18.3 Å².